The lowest BCUT2D eigenvalue weighted by Gasteiger charge is -2.32. The van der Waals surface area contributed by atoms with Crippen LogP contribution in [0.1, 0.15) is 15.9 Å². The summed E-state index contributed by atoms with van der Waals surface area (Å²) < 4.78 is 6.45. The number of piperazine rings is 1. The number of aromatic nitrogens is 1. The smallest absolute Gasteiger partial charge is 0.264 e. The Bertz CT molecular complexity index is 1070. The Morgan fingerprint density at radius 3 is 2.67 bits per heavy atom. The number of carbonyl (C=O) groups excluding carboxylic acids is 2. The van der Waals surface area contributed by atoms with Gasteiger partial charge in [0.2, 0.25) is 0 Å². The number of likely N-dealkylation sites (N-methyl/N-ethyl adjacent to an activating group) is 1. The van der Waals surface area contributed by atoms with E-state index in [0.29, 0.717) is 16.4 Å². The molecule has 30 heavy (non-hydrogen) atoms. The molecule has 156 valence electrons. The lowest BCUT2D eigenvalue weighted by Crippen LogP contribution is -2.47. The van der Waals surface area contributed by atoms with Gasteiger partial charge in [0.1, 0.15) is 5.75 Å². The molecule has 0 saturated carbocycles. The third-order valence-corrected chi connectivity index (χ3v) is 6.06. The maximum absolute atomic E-state index is 12.8. The van der Waals surface area contributed by atoms with Crippen LogP contribution in [0.3, 0.4) is 0 Å². The van der Waals surface area contributed by atoms with Crippen molar-refractivity contribution in [3.63, 3.8) is 0 Å². The van der Waals surface area contributed by atoms with Gasteiger partial charge in [0.05, 0.1) is 10.2 Å². The Morgan fingerprint density at radius 2 is 1.90 bits per heavy atom. The Morgan fingerprint density at radius 1 is 1.13 bits per heavy atom. The number of hydrogen-bond donors (Lipinski definition) is 1. The molecule has 1 fully saturated rings. The van der Waals surface area contributed by atoms with E-state index in [1.165, 1.54) is 11.3 Å². The highest BCUT2D eigenvalue weighted by Gasteiger charge is 2.21. The number of aryl methyl sites for hydroxylation is 1. The molecule has 0 atom stereocenters. The number of benzene rings is 2. The van der Waals surface area contributed by atoms with Crippen molar-refractivity contribution in [2.45, 2.75) is 6.92 Å². The summed E-state index contributed by atoms with van der Waals surface area (Å²) in [5.41, 5.74) is 2.38. The number of nitrogens with one attached hydrogen (secondary N) is 1. The van der Waals surface area contributed by atoms with E-state index in [0.717, 1.165) is 42.0 Å². The molecule has 3 aromatic rings. The second kappa shape index (κ2) is 8.81. The first-order chi connectivity index (χ1) is 14.5. The van der Waals surface area contributed by atoms with Crippen LogP contribution in [0.4, 0.5) is 5.13 Å². The average Bonchev–Trinajstić information content (AvgIpc) is 3.14. The van der Waals surface area contributed by atoms with Crippen molar-refractivity contribution in [2.75, 3.05) is 45.2 Å². The Hall–Kier alpha value is -2.97. The van der Waals surface area contributed by atoms with Crippen LogP contribution in [-0.2, 0) is 4.79 Å². The molecule has 1 aliphatic heterocycles. The van der Waals surface area contributed by atoms with Crippen LogP contribution >= 0.6 is 11.3 Å². The number of carbonyl (C=O) groups is 2. The van der Waals surface area contributed by atoms with E-state index in [1.54, 1.807) is 6.07 Å². The number of thiazole rings is 1. The van der Waals surface area contributed by atoms with E-state index < -0.39 is 0 Å². The van der Waals surface area contributed by atoms with Gasteiger partial charge >= 0.3 is 0 Å². The zero-order chi connectivity index (χ0) is 21.1. The predicted molar refractivity (Wildman–Crippen MR) is 118 cm³/mol. The van der Waals surface area contributed by atoms with Crippen molar-refractivity contribution in [2.24, 2.45) is 0 Å². The summed E-state index contributed by atoms with van der Waals surface area (Å²) in [6, 6.07) is 13.0. The topological polar surface area (TPSA) is 74.8 Å². The number of amides is 2. The molecule has 0 radical (unpaired) electrons. The lowest BCUT2D eigenvalue weighted by molar-refractivity contribution is -0.118. The molecular formula is C22H24N4O3S. The minimum absolute atomic E-state index is 0.0376. The molecule has 0 spiro atoms. The quantitative estimate of drug-likeness (QED) is 0.682. The second-order valence-electron chi connectivity index (χ2n) is 7.40. The molecule has 7 nitrogen and oxygen atoms in total. The van der Waals surface area contributed by atoms with E-state index in [9.17, 15) is 9.59 Å². The van der Waals surface area contributed by atoms with Crippen LogP contribution in [0.5, 0.6) is 5.75 Å². The molecule has 2 amide bonds. The summed E-state index contributed by atoms with van der Waals surface area (Å²) in [5.74, 6) is 0.450. The molecule has 4 rings (SSSR count). The Balaban J connectivity index is 1.40. The first-order valence-electron chi connectivity index (χ1n) is 9.86. The molecule has 0 bridgehead atoms. The first-order valence-corrected chi connectivity index (χ1v) is 10.7. The van der Waals surface area contributed by atoms with Crippen molar-refractivity contribution in [3.05, 3.63) is 53.6 Å². The largest absolute Gasteiger partial charge is 0.483 e. The van der Waals surface area contributed by atoms with Crippen LogP contribution in [0.2, 0.25) is 0 Å². The highest BCUT2D eigenvalue weighted by molar-refractivity contribution is 7.22. The maximum Gasteiger partial charge on any atom is 0.264 e. The van der Waals surface area contributed by atoms with Gasteiger partial charge in [0.15, 0.2) is 11.7 Å². The van der Waals surface area contributed by atoms with Crippen molar-refractivity contribution < 1.29 is 14.3 Å². The van der Waals surface area contributed by atoms with Crippen molar-refractivity contribution in [1.82, 2.24) is 14.8 Å². The Kier molecular flexibility index (Phi) is 5.96. The summed E-state index contributed by atoms with van der Waals surface area (Å²) in [6.45, 7) is 5.08. The van der Waals surface area contributed by atoms with Gasteiger partial charge in [-0.15, -0.1) is 0 Å². The molecule has 2 aromatic carbocycles. The zero-order valence-corrected chi connectivity index (χ0v) is 17.9. The normalized spacial score (nSPS) is 14.7. The monoisotopic (exact) mass is 424 g/mol. The highest BCUT2D eigenvalue weighted by Crippen LogP contribution is 2.27. The summed E-state index contributed by atoms with van der Waals surface area (Å²) in [7, 11) is 2.06. The standard InChI is InChI=1S/C22H24N4O3S/c1-15-5-3-4-6-18(15)29-14-20(27)24-22-23-17-8-7-16(13-19(17)30-22)21(28)26-11-9-25(2)10-12-26/h3-8,13H,9-12,14H2,1-2H3,(H,23,24,27). The van der Waals surface area contributed by atoms with Gasteiger partial charge in [0, 0.05) is 31.7 Å². The number of anilines is 1. The number of rotatable bonds is 5. The van der Waals surface area contributed by atoms with Gasteiger partial charge in [0.25, 0.3) is 11.8 Å². The minimum Gasteiger partial charge on any atom is -0.483 e. The van der Waals surface area contributed by atoms with Gasteiger partial charge in [-0.05, 0) is 43.8 Å². The molecule has 1 aromatic heterocycles. The van der Waals surface area contributed by atoms with E-state index in [2.05, 4.69) is 22.2 Å². The van der Waals surface area contributed by atoms with Gasteiger partial charge in [-0.25, -0.2) is 4.98 Å². The number of ether oxygens (including phenoxy) is 1. The SMILES string of the molecule is Cc1ccccc1OCC(=O)Nc1nc2ccc(C(=O)N3CCN(C)CC3)cc2s1. The van der Waals surface area contributed by atoms with Gasteiger partial charge in [-0.1, -0.05) is 29.5 Å². The molecule has 8 heteroatoms. The van der Waals surface area contributed by atoms with E-state index >= 15 is 0 Å². The third kappa shape index (κ3) is 4.60. The van der Waals surface area contributed by atoms with Crippen molar-refractivity contribution in [3.8, 4) is 5.75 Å². The zero-order valence-electron chi connectivity index (χ0n) is 17.1. The molecular weight excluding hydrogens is 400 g/mol. The van der Waals surface area contributed by atoms with Gasteiger partial charge in [-0.3, -0.25) is 14.9 Å². The molecule has 1 N–H and O–H groups in total. The van der Waals surface area contributed by atoms with Crippen LogP contribution < -0.4 is 10.1 Å². The fraction of sp³-hybridized carbons (Fsp3) is 0.318. The highest BCUT2D eigenvalue weighted by atomic mass is 32.1. The average molecular weight is 425 g/mol. The summed E-state index contributed by atoms with van der Waals surface area (Å²) in [4.78, 5) is 33.6. The third-order valence-electron chi connectivity index (χ3n) is 5.12. The van der Waals surface area contributed by atoms with Crippen molar-refractivity contribution in [1.29, 1.82) is 0 Å². The maximum atomic E-state index is 12.8. The Labute approximate surface area is 179 Å². The summed E-state index contributed by atoms with van der Waals surface area (Å²) in [5, 5.41) is 3.27. The van der Waals surface area contributed by atoms with Gasteiger partial charge in [-0.2, -0.15) is 0 Å². The summed E-state index contributed by atoms with van der Waals surface area (Å²) >= 11 is 1.35. The van der Waals surface area contributed by atoms with E-state index in [4.69, 9.17) is 4.74 Å². The number of hydrogen-bond acceptors (Lipinski definition) is 6. The molecule has 1 saturated heterocycles. The second-order valence-corrected chi connectivity index (χ2v) is 8.43. The lowest BCUT2D eigenvalue weighted by atomic mass is 10.1. The molecule has 1 aliphatic rings. The van der Waals surface area contributed by atoms with Gasteiger partial charge < -0.3 is 14.5 Å². The number of fused-ring (bicyclic) bond motifs is 1. The van der Waals surface area contributed by atoms with Crippen LogP contribution in [-0.4, -0.2) is 66.4 Å². The summed E-state index contributed by atoms with van der Waals surface area (Å²) in [6.07, 6.45) is 0. The predicted octanol–water partition coefficient (Wildman–Crippen LogP) is 3.01. The van der Waals surface area contributed by atoms with E-state index in [1.807, 2.05) is 48.2 Å². The van der Waals surface area contributed by atoms with Crippen LogP contribution in [0, 0.1) is 6.92 Å². The fourth-order valence-corrected chi connectivity index (χ4v) is 4.24. The number of nitrogens with zero attached hydrogens (tertiary/aromatic N) is 3. The number of para-hydroxylation sites is 1. The molecule has 0 aliphatic carbocycles. The first kappa shape index (κ1) is 20.3. The fourth-order valence-electron chi connectivity index (χ4n) is 3.32. The van der Waals surface area contributed by atoms with Crippen LogP contribution in [0.25, 0.3) is 10.2 Å². The van der Waals surface area contributed by atoms with Crippen LogP contribution in [0.15, 0.2) is 42.5 Å². The molecule has 2 heterocycles. The molecule has 0 unspecified atom stereocenters. The van der Waals surface area contributed by atoms with Crippen molar-refractivity contribution >= 4 is 38.5 Å². The minimum atomic E-state index is -0.272. The van der Waals surface area contributed by atoms with E-state index in [-0.39, 0.29) is 18.4 Å².